The molecule has 3 rings (SSSR count). The normalized spacial score (nSPS) is 21.6. The van der Waals surface area contributed by atoms with Gasteiger partial charge in [-0.15, -0.1) is 0 Å². The second-order valence-corrected chi connectivity index (χ2v) is 7.88. The summed E-state index contributed by atoms with van der Waals surface area (Å²) in [5.74, 6) is -0.904. The summed E-state index contributed by atoms with van der Waals surface area (Å²) < 4.78 is 13.0. The summed E-state index contributed by atoms with van der Waals surface area (Å²) >= 11 is 0.824. The third-order valence-corrected chi connectivity index (χ3v) is 5.91. The Morgan fingerprint density at radius 2 is 2.00 bits per heavy atom. The molecule has 0 aliphatic carbocycles. The third kappa shape index (κ3) is 4.80. The first-order chi connectivity index (χ1) is 13.5. The second kappa shape index (κ2) is 9.34. The van der Waals surface area contributed by atoms with Gasteiger partial charge in [0.15, 0.2) is 0 Å². The minimum absolute atomic E-state index is 0.0274. The van der Waals surface area contributed by atoms with E-state index in [1.807, 2.05) is 0 Å². The Hall–Kier alpha value is -2.19. The highest BCUT2D eigenvalue weighted by Crippen LogP contribution is 2.32. The maximum absolute atomic E-state index is 13.0. The zero-order chi connectivity index (χ0) is 20.1. The Morgan fingerprint density at radius 1 is 1.25 bits per heavy atom. The number of hydrogen-bond donors (Lipinski definition) is 1. The lowest BCUT2D eigenvalue weighted by Gasteiger charge is -2.36. The number of likely N-dealkylation sites (tertiary alicyclic amines) is 1. The molecule has 8 heteroatoms. The average molecular weight is 406 g/mol. The van der Waals surface area contributed by atoms with Gasteiger partial charge in [-0.2, -0.15) is 0 Å². The largest absolute Gasteiger partial charge is 0.396 e. The van der Waals surface area contributed by atoms with Crippen LogP contribution in [0, 0.1) is 5.82 Å². The minimum atomic E-state index is -0.433. The molecule has 0 bridgehead atoms. The zero-order valence-electron chi connectivity index (χ0n) is 15.5. The molecule has 1 atom stereocenters. The van der Waals surface area contributed by atoms with Crippen LogP contribution in [0.1, 0.15) is 37.7 Å². The Bertz CT molecular complexity index is 779. The van der Waals surface area contributed by atoms with E-state index in [1.165, 1.54) is 24.3 Å². The summed E-state index contributed by atoms with van der Waals surface area (Å²) in [5, 5.41) is 8.78. The molecule has 1 aromatic rings. The molecule has 0 saturated carbocycles. The standard InChI is InChI=1S/C20H23FN2O4S/c21-15-6-4-14(5-7-15)13-17-19(26)23(20(27)28-17)11-8-18(25)22-10-2-1-3-16(22)9-12-24/h4-7,13,16,24H,1-3,8-12H2. The number of aliphatic hydroxyl groups is 1. The van der Waals surface area contributed by atoms with Gasteiger partial charge < -0.3 is 10.0 Å². The number of nitrogens with zero attached hydrogens (tertiary/aromatic N) is 2. The van der Waals surface area contributed by atoms with Crippen LogP contribution in [0.5, 0.6) is 0 Å². The monoisotopic (exact) mass is 406 g/mol. The van der Waals surface area contributed by atoms with Crippen molar-refractivity contribution in [2.24, 2.45) is 0 Å². The quantitative estimate of drug-likeness (QED) is 0.735. The van der Waals surface area contributed by atoms with E-state index in [1.54, 1.807) is 11.0 Å². The number of carbonyl (C=O) groups is 3. The summed E-state index contributed by atoms with van der Waals surface area (Å²) in [5.41, 5.74) is 0.628. The Morgan fingerprint density at radius 3 is 2.71 bits per heavy atom. The number of amides is 3. The summed E-state index contributed by atoms with van der Waals surface area (Å²) in [4.78, 5) is 40.4. The van der Waals surface area contributed by atoms with Crippen molar-refractivity contribution in [1.29, 1.82) is 0 Å². The van der Waals surface area contributed by atoms with Crippen molar-refractivity contribution in [2.75, 3.05) is 19.7 Å². The van der Waals surface area contributed by atoms with E-state index in [0.29, 0.717) is 18.5 Å². The van der Waals surface area contributed by atoms with Gasteiger partial charge in [0.1, 0.15) is 5.82 Å². The number of piperidine rings is 1. The maximum atomic E-state index is 13.0. The van der Waals surface area contributed by atoms with Gasteiger partial charge in [0.25, 0.3) is 11.1 Å². The molecule has 0 aromatic heterocycles. The van der Waals surface area contributed by atoms with Crippen molar-refractivity contribution in [2.45, 2.75) is 38.1 Å². The molecule has 1 N–H and O–H groups in total. The smallest absolute Gasteiger partial charge is 0.293 e. The van der Waals surface area contributed by atoms with Crippen molar-refractivity contribution in [1.82, 2.24) is 9.80 Å². The highest BCUT2D eigenvalue weighted by Gasteiger charge is 2.36. The maximum Gasteiger partial charge on any atom is 0.293 e. The molecular weight excluding hydrogens is 383 g/mol. The van der Waals surface area contributed by atoms with Gasteiger partial charge in [-0.25, -0.2) is 4.39 Å². The third-order valence-electron chi connectivity index (χ3n) is 5.00. The van der Waals surface area contributed by atoms with Gasteiger partial charge in [-0.1, -0.05) is 12.1 Å². The summed E-state index contributed by atoms with van der Waals surface area (Å²) in [7, 11) is 0. The number of halogens is 1. The highest BCUT2D eigenvalue weighted by atomic mass is 32.2. The number of imide groups is 1. The average Bonchev–Trinajstić information content (AvgIpc) is 2.95. The Kier molecular flexibility index (Phi) is 6.85. The van der Waals surface area contributed by atoms with Crippen LogP contribution in [-0.2, 0) is 9.59 Å². The molecule has 1 unspecified atom stereocenters. The van der Waals surface area contributed by atoms with E-state index in [4.69, 9.17) is 0 Å². The number of carbonyl (C=O) groups excluding carboxylic acids is 3. The van der Waals surface area contributed by atoms with E-state index in [2.05, 4.69) is 0 Å². The molecule has 6 nitrogen and oxygen atoms in total. The lowest BCUT2D eigenvalue weighted by molar-refractivity contribution is -0.135. The molecule has 2 aliphatic heterocycles. The van der Waals surface area contributed by atoms with Crippen LogP contribution in [0.4, 0.5) is 9.18 Å². The van der Waals surface area contributed by atoms with Crippen molar-refractivity contribution in [3.63, 3.8) is 0 Å². The van der Waals surface area contributed by atoms with Crippen LogP contribution >= 0.6 is 11.8 Å². The first-order valence-electron chi connectivity index (χ1n) is 9.41. The topological polar surface area (TPSA) is 77.9 Å². The van der Waals surface area contributed by atoms with Gasteiger partial charge in [0, 0.05) is 32.2 Å². The molecule has 28 heavy (non-hydrogen) atoms. The molecule has 3 amide bonds. The zero-order valence-corrected chi connectivity index (χ0v) is 16.3. The van der Waals surface area contributed by atoms with Gasteiger partial charge >= 0.3 is 0 Å². The molecule has 0 radical (unpaired) electrons. The Labute approximate surface area is 167 Å². The molecular formula is C20H23FN2O4S. The summed E-state index contributed by atoms with van der Waals surface area (Å²) in [6.45, 7) is 0.716. The lowest BCUT2D eigenvalue weighted by atomic mass is 9.99. The van der Waals surface area contributed by atoms with E-state index in [9.17, 15) is 23.9 Å². The van der Waals surface area contributed by atoms with Gasteiger partial charge in [0.05, 0.1) is 4.91 Å². The molecule has 2 saturated heterocycles. The molecule has 0 spiro atoms. The molecule has 150 valence electrons. The van der Waals surface area contributed by atoms with Crippen LogP contribution in [0.2, 0.25) is 0 Å². The van der Waals surface area contributed by atoms with E-state index in [-0.39, 0.29) is 42.2 Å². The Balaban J connectivity index is 1.61. The first-order valence-corrected chi connectivity index (χ1v) is 10.2. The van der Waals surface area contributed by atoms with E-state index < -0.39 is 11.1 Å². The van der Waals surface area contributed by atoms with Crippen LogP contribution < -0.4 is 0 Å². The number of hydrogen-bond acceptors (Lipinski definition) is 5. The number of aliphatic hydroxyl groups excluding tert-OH is 1. The van der Waals surface area contributed by atoms with E-state index >= 15 is 0 Å². The van der Waals surface area contributed by atoms with Crippen LogP contribution in [0.3, 0.4) is 0 Å². The summed E-state index contributed by atoms with van der Waals surface area (Å²) in [6, 6.07) is 5.67. The van der Waals surface area contributed by atoms with Gasteiger partial charge in [-0.3, -0.25) is 19.3 Å². The van der Waals surface area contributed by atoms with Crippen molar-refractivity contribution in [3.8, 4) is 0 Å². The second-order valence-electron chi connectivity index (χ2n) is 6.88. The van der Waals surface area contributed by atoms with Crippen molar-refractivity contribution < 1.29 is 23.9 Å². The lowest BCUT2D eigenvalue weighted by Crippen LogP contribution is -2.45. The molecule has 2 fully saturated rings. The van der Waals surface area contributed by atoms with Gasteiger partial charge in [-0.05, 0) is 61.2 Å². The van der Waals surface area contributed by atoms with Crippen LogP contribution in [-0.4, -0.2) is 57.7 Å². The van der Waals surface area contributed by atoms with Crippen LogP contribution in [0.25, 0.3) is 6.08 Å². The predicted molar refractivity (Wildman–Crippen MR) is 105 cm³/mol. The molecule has 1 aromatic carbocycles. The predicted octanol–water partition coefficient (Wildman–Crippen LogP) is 3.02. The highest BCUT2D eigenvalue weighted by molar-refractivity contribution is 8.18. The SMILES string of the molecule is O=C1SC(=Cc2ccc(F)cc2)C(=O)N1CCC(=O)N1CCCCC1CCO. The number of rotatable bonds is 6. The number of thioether (sulfide) groups is 1. The fourth-order valence-electron chi connectivity index (χ4n) is 3.53. The molecule has 2 aliphatic rings. The number of benzene rings is 1. The first kappa shape index (κ1) is 20.5. The fraction of sp³-hybridized carbons (Fsp3) is 0.450. The fourth-order valence-corrected chi connectivity index (χ4v) is 4.40. The van der Waals surface area contributed by atoms with Crippen molar-refractivity contribution in [3.05, 3.63) is 40.6 Å². The van der Waals surface area contributed by atoms with Gasteiger partial charge in [0.2, 0.25) is 5.91 Å². The minimum Gasteiger partial charge on any atom is -0.396 e. The summed E-state index contributed by atoms with van der Waals surface area (Å²) in [6.07, 6.45) is 5.00. The van der Waals surface area contributed by atoms with E-state index in [0.717, 1.165) is 35.9 Å². The van der Waals surface area contributed by atoms with Crippen LogP contribution in [0.15, 0.2) is 29.2 Å². The van der Waals surface area contributed by atoms with Crippen molar-refractivity contribution >= 4 is 34.9 Å². The molecule has 2 heterocycles.